The summed E-state index contributed by atoms with van der Waals surface area (Å²) in [5.41, 5.74) is 4.54. The third-order valence-corrected chi connectivity index (χ3v) is 6.85. The summed E-state index contributed by atoms with van der Waals surface area (Å²) in [5, 5.41) is 20.1. The number of aromatic amines is 1. The van der Waals surface area contributed by atoms with E-state index in [9.17, 15) is 14.9 Å². The van der Waals surface area contributed by atoms with Gasteiger partial charge in [-0.1, -0.05) is 23.7 Å². The van der Waals surface area contributed by atoms with Crippen molar-refractivity contribution in [3.8, 4) is 11.3 Å². The number of piperazine rings is 1. The van der Waals surface area contributed by atoms with Gasteiger partial charge in [-0.15, -0.1) is 0 Å². The normalized spacial score (nSPS) is 16.4. The van der Waals surface area contributed by atoms with E-state index in [0.29, 0.717) is 48.9 Å². The molecule has 3 heterocycles. The molecule has 0 atom stereocenters. The molecule has 10 heteroatoms. The number of nitrogens with one attached hydrogen (secondary N) is 1. The van der Waals surface area contributed by atoms with Crippen molar-refractivity contribution in [2.24, 2.45) is 0 Å². The van der Waals surface area contributed by atoms with E-state index in [1.54, 1.807) is 17.0 Å². The van der Waals surface area contributed by atoms with E-state index in [1.807, 2.05) is 36.2 Å². The number of H-pyrrole nitrogens is 1. The third-order valence-electron chi connectivity index (χ3n) is 6.60. The number of amides is 1. The number of aromatic nitrogens is 2. The summed E-state index contributed by atoms with van der Waals surface area (Å²) in [6, 6.07) is 12.3. The standard InChI is InChI=1S/C24H25ClN6O3/c1-28-10-12-29(13-11-28)21-7-4-17(14-22(21)31(33)34)24(32)30-9-8-20-19(15-30)23(27-26-20)16-2-5-18(25)6-3-16/h2-7,14H,8-13,15H2,1H3,(H,26,27). The highest BCUT2D eigenvalue weighted by Crippen LogP contribution is 2.33. The lowest BCUT2D eigenvalue weighted by Crippen LogP contribution is -2.44. The second-order valence-corrected chi connectivity index (χ2v) is 9.20. The minimum atomic E-state index is -0.395. The van der Waals surface area contributed by atoms with Crippen molar-refractivity contribution >= 4 is 28.9 Å². The van der Waals surface area contributed by atoms with Crippen LogP contribution in [0.3, 0.4) is 0 Å². The van der Waals surface area contributed by atoms with Crippen LogP contribution in [0.4, 0.5) is 11.4 Å². The fourth-order valence-electron chi connectivity index (χ4n) is 4.61. The summed E-state index contributed by atoms with van der Waals surface area (Å²) in [7, 11) is 2.04. The Morgan fingerprint density at radius 3 is 2.53 bits per heavy atom. The third kappa shape index (κ3) is 4.24. The number of rotatable bonds is 4. The molecule has 0 saturated carbocycles. The van der Waals surface area contributed by atoms with Gasteiger partial charge in [0, 0.05) is 79.2 Å². The molecule has 9 nitrogen and oxygen atoms in total. The Morgan fingerprint density at radius 2 is 1.82 bits per heavy atom. The second kappa shape index (κ2) is 9.08. The van der Waals surface area contributed by atoms with E-state index >= 15 is 0 Å². The van der Waals surface area contributed by atoms with Gasteiger partial charge in [-0.05, 0) is 31.3 Å². The van der Waals surface area contributed by atoms with Gasteiger partial charge in [-0.25, -0.2) is 0 Å². The van der Waals surface area contributed by atoms with Gasteiger partial charge in [-0.2, -0.15) is 5.10 Å². The number of nitro groups is 1. The number of nitro benzene ring substituents is 1. The fraction of sp³-hybridized carbons (Fsp3) is 0.333. The summed E-state index contributed by atoms with van der Waals surface area (Å²) in [6.45, 7) is 4.02. The Morgan fingerprint density at radius 1 is 1.09 bits per heavy atom. The first-order valence-electron chi connectivity index (χ1n) is 11.2. The van der Waals surface area contributed by atoms with E-state index in [4.69, 9.17) is 11.6 Å². The number of benzene rings is 2. The predicted octanol–water partition coefficient (Wildman–Crippen LogP) is 3.59. The molecule has 2 aromatic carbocycles. The van der Waals surface area contributed by atoms with Crippen molar-refractivity contribution in [1.82, 2.24) is 20.0 Å². The van der Waals surface area contributed by atoms with Crippen LogP contribution in [0.5, 0.6) is 0 Å². The topological polar surface area (TPSA) is 98.6 Å². The first kappa shape index (κ1) is 22.4. The molecule has 0 unspecified atom stereocenters. The van der Waals surface area contributed by atoms with Crippen molar-refractivity contribution in [3.63, 3.8) is 0 Å². The molecule has 0 radical (unpaired) electrons. The number of likely N-dealkylation sites (N-methyl/N-ethyl adjacent to an activating group) is 1. The van der Waals surface area contributed by atoms with Crippen molar-refractivity contribution < 1.29 is 9.72 Å². The molecule has 2 aliphatic rings. The van der Waals surface area contributed by atoms with Crippen LogP contribution in [0.25, 0.3) is 11.3 Å². The molecule has 0 aliphatic carbocycles. The lowest BCUT2D eigenvalue weighted by molar-refractivity contribution is -0.384. The van der Waals surface area contributed by atoms with Gasteiger partial charge in [0.15, 0.2) is 0 Å². The summed E-state index contributed by atoms with van der Waals surface area (Å²) in [5.74, 6) is -0.220. The fourth-order valence-corrected chi connectivity index (χ4v) is 4.74. The van der Waals surface area contributed by atoms with E-state index in [0.717, 1.165) is 35.6 Å². The van der Waals surface area contributed by atoms with Crippen LogP contribution < -0.4 is 4.90 Å². The molecule has 0 bridgehead atoms. The van der Waals surface area contributed by atoms with Crippen LogP contribution in [-0.4, -0.2) is 70.6 Å². The predicted molar refractivity (Wildman–Crippen MR) is 130 cm³/mol. The quantitative estimate of drug-likeness (QED) is 0.452. The first-order valence-corrected chi connectivity index (χ1v) is 11.6. The van der Waals surface area contributed by atoms with Gasteiger partial charge in [-0.3, -0.25) is 20.0 Å². The van der Waals surface area contributed by atoms with Crippen molar-refractivity contribution in [2.75, 3.05) is 44.7 Å². The Labute approximate surface area is 202 Å². The van der Waals surface area contributed by atoms with Gasteiger partial charge in [0.2, 0.25) is 0 Å². The van der Waals surface area contributed by atoms with Gasteiger partial charge >= 0.3 is 0 Å². The highest BCUT2D eigenvalue weighted by atomic mass is 35.5. The Balaban J connectivity index is 1.39. The van der Waals surface area contributed by atoms with Crippen molar-refractivity contribution in [3.05, 3.63) is 74.4 Å². The van der Waals surface area contributed by atoms with Gasteiger partial charge < -0.3 is 14.7 Å². The Bertz CT molecular complexity index is 1230. The molecule has 34 heavy (non-hydrogen) atoms. The number of fused-ring (bicyclic) bond motifs is 1. The lowest BCUT2D eigenvalue weighted by Gasteiger charge is -2.33. The molecular formula is C24H25ClN6O3. The molecule has 3 aromatic rings. The van der Waals surface area contributed by atoms with Crippen LogP contribution in [0, 0.1) is 10.1 Å². The molecule has 1 aromatic heterocycles. The van der Waals surface area contributed by atoms with Crippen LogP contribution in [0.2, 0.25) is 5.02 Å². The molecule has 2 aliphatic heterocycles. The molecule has 1 saturated heterocycles. The van der Waals surface area contributed by atoms with Crippen LogP contribution in [0.15, 0.2) is 42.5 Å². The molecule has 0 spiro atoms. The number of carbonyl (C=O) groups excluding carboxylic acids is 1. The highest BCUT2D eigenvalue weighted by molar-refractivity contribution is 6.30. The zero-order valence-corrected chi connectivity index (χ0v) is 19.6. The smallest absolute Gasteiger partial charge is 0.293 e. The number of carbonyl (C=O) groups is 1. The van der Waals surface area contributed by atoms with Gasteiger partial charge in [0.05, 0.1) is 10.6 Å². The molecule has 5 rings (SSSR count). The second-order valence-electron chi connectivity index (χ2n) is 8.76. The molecule has 1 amide bonds. The average molecular weight is 481 g/mol. The SMILES string of the molecule is CN1CCN(c2ccc(C(=O)N3CCc4[nH]nc(-c5ccc(Cl)cc5)c4C3)cc2[N+](=O)[O-])CC1. The van der Waals surface area contributed by atoms with E-state index in [2.05, 4.69) is 15.1 Å². The van der Waals surface area contributed by atoms with Gasteiger partial charge in [0.1, 0.15) is 5.69 Å². The number of halogens is 1. The first-order chi connectivity index (χ1) is 16.4. The zero-order chi connectivity index (χ0) is 23.8. The summed E-state index contributed by atoms with van der Waals surface area (Å²) < 4.78 is 0. The average Bonchev–Trinajstić information content (AvgIpc) is 3.27. The minimum absolute atomic E-state index is 0.0294. The van der Waals surface area contributed by atoms with Crippen LogP contribution >= 0.6 is 11.6 Å². The van der Waals surface area contributed by atoms with Gasteiger partial charge in [0.25, 0.3) is 11.6 Å². The maximum absolute atomic E-state index is 13.4. The maximum atomic E-state index is 13.4. The zero-order valence-electron chi connectivity index (χ0n) is 18.8. The highest BCUT2D eigenvalue weighted by Gasteiger charge is 2.29. The number of hydrogen-bond acceptors (Lipinski definition) is 6. The molecule has 176 valence electrons. The summed E-state index contributed by atoms with van der Waals surface area (Å²) in [6.07, 6.45) is 0.642. The monoisotopic (exact) mass is 480 g/mol. The largest absolute Gasteiger partial charge is 0.363 e. The van der Waals surface area contributed by atoms with Crippen molar-refractivity contribution in [1.29, 1.82) is 0 Å². The maximum Gasteiger partial charge on any atom is 0.293 e. The van der Waals surface area contributed by atoms with Crippen LogP contribution in [-0.2, 0) is 13.0 Å². The Hall–Kier alpha value is -3.43. The van der Waals surface area contributed by atoms with Crippen LogP contribution in [0.1, 0.15) is 21.6 Å². The Kier molecular flexibility index (Phi) is 5.97. The van der Waals surface area contributed by atoms with E-state index < -0.39 is 4.92 Å². The summed E-state index contributed by atoms with van der Waals surface area (Å²) >= 11 is 6.02. The number of nitrogens with zero attached hydrogens (tertiary/aromatic N) is 5. The molecular weight excluding hydrogens is 456 g/mol. The van der Waals surface area contributed by atoms with Crippen molar-refractivity contribution in [2.45, 2.75) is 13.0 Å². The number of anilines is 1. The molecule has 1 fully saturated rings. The van der Waals surface area contributed by atoms with E-state index in [-0.39, 0.29) is 11.6 Å². The van der Waals surface area contributed by atoms with E-state index in [1.165, 1.54) is 6.07 Å². The minimum Gasteiger partial charge on any atom is -0.363 e. The summed E-state index contributed by atoms with van der Waals surface area (Å²) in [4.78, 5) is 30.8. The number of hydrogen-bond donors (Lipinski definition) is 1. The lowest BCUT2D eigenvalue weighted by atomic mass is 10.00. The molecule has 1 N–H and O–H groups in total.